The minimum absolute atomic E-state index is 0.0464. The third kappa shape index (κ3) is 4.49. The quantitative estimate of drug-likeness (QED) is 0.648. The van der Waals surface area contributed by atoms with E-state index in [9.17, 15) is 9.59 Å². The molecule has 2 atom stereocenters. The number of benzene rings is 1. The second-order valence-corrected chi connectivity index (χ2v) is 6.65. The van der Waals surface area contributed by atoms with E-state index in [1.807, 2.05) is 25.1 Å². The van der Waals surface area contributed by atoms with Gasteiger partial charge in [0.15, 0.2) is 0 Å². The van der Waals surface area contributed by atoms with Gasteiger partial charge in [-0.25, -0.2) is 0 Å². The van der Waals surface area contributed by atoms with Crippen LogP contribution in [0, 0.1) is 11.8 Å². The lowest BCUT2D eigenvalue weighted by atomic mass is 9.99. The van der Waals surface area contributed by atoms with Crippen LogP contribution in [0.25, 0.3) is 0 Å². The molecule has 21 heavy (non-hydrogen) atoms. The molecular formula is C16H21NO3S. The van der Waals surface area contributed by atoms with Crippen molar-refractivity contribution in [3.8, 4) is 0 Å². The molecule has 0 saturated carbocycles. The molecule has 1 aliphatic rings. The Morgan fingerprint density at radius 1 is 1.29 bits per heavy atom. The Labute approximate surface area is 129 Å². The molecule has 2 unspecified atom stereocenters. The summed E-state index contributed by atoms with van der Waals surface area (Å²) in [6.07, 6.45) is 1.32. The number of carbonyl (C=O) groups is 2. The van der Waals surface area contributed by atoms with Crippen molar-refractivity contribution in [1.29, 1.82) is 0 Å². The van der Waals surface area contributed by atoms with Crippen molar-refractivity contribution in [1.82, 2.24) is 4.90 Å². The van der Waals surface area contributed by atoms with Crippen LogP contribution in [-0.2, 0) is 9.59 Å². The first-order chi connectivity index (χ1) is 10.1. The van der Waals surface area contributed by atoms with E-state index in [0.29, 0.717) is 19.5 Å². The highest BCUT2D eigenvalue weighted by Gasteiger charge is 2.36. The lowest BCUT2D eigenvalue weighted by Gasteiger charge is -2.15. The van der Waals surface area contributed by atoms with E-state index in [2.05, 4.69) is 12.1 Å². The van der Waals surface area contributed by atoms with E-state index in [1.165, 1.54) is 4.90 Å². The fourth-order valence-corrected chi connectivity index (χ4v) is 3.45. The van der Waals surface area contributed by atoms with Gasteiger partial charge < -0.3 is 10.0 Å². The molecule has 114 valence electrons. The number of carboxylic acids is 1. The van der Waals surface area contributed by atoms with Gasteiger partial charge in [-0.3, -0.25) is 9.59 Å². The Balaban J connectivity index is 1.69. The lowest BCUT2D eigenvalue weighted by Crippen LogP contribution is -2.29. The van der Waals surface area contributed by atoms with Crippen LogP contribution in [0.2, 0.25) is 0 Å². The molecule has 0 aliphatic carbocycles. The van der Waals surface area contributed by atoms with Gasteiger partial charge in [0.2, 0.25) is 5.91 Å². The topological polar surface area (TPSA) is 57.6 Å². The van der Waals surface area contributed by atoms with Crippen molar-refractivity contribution in [2.24, 2.45) is 11.8 Å². The highest BCUT2D eigenvalue weighted by Crippen LogP contribution is 2.24. The zero-order chi connectivity index (χ0) is 15.2. The molecule has 0 aromatic heterocycles. The maximum atomic E-state index is 12.1. The van der Waals surface area contributed by atoms with Crippen molar-refractivity contribution < 1.29 is 14.7 Å². The maximum absolute atomic E-state index is 12.1. The molecular weight excluding hydrogens is 286 g/mol. The summed E-state index contributed by atoms with van der Waals surface area (Å²) in [6, 6.07) is 10.1. The number of thioether (sulfide) groups is 1. The summed E-state index contributed by atoms with van der Waals surface area (Å²) in [5.41, 5.74) is 0. The van der Waals surface area contributed by atoms with Gasteiger partial charge in [0.1, 0.15) is 0 Å². The van der Waals surface area contributed by atoms with Gasteiger partial charge in [0, 0.05) is 24.4 Å². The van der Waals surface area contributed by atoms with Crippen LogP contribution in [0.1, 0.15) is 19.8 Å². The van der Waals surface area contributed by atoms with Crippen LogP contribution >= 0.6 is 11.8 Å². The van der Waals surface area contributed by atoms with E-state index in [-0.39, 0.29) is 11.8 Å². The summed E-state index contributed by atoms with van der Waals surface area (Å²) >= 11 is 1.75. The fourth-order valence-electron chi connectivity index (χ4n) is 2.58. The number of rotatable bonds is 6. The molecule has 2 rings (SSSR count). The monoisotopic (exact) mass is 307 g/mol. The molecule has 1 aliphatic heterocycles. The van der Waals surface area contributed by atoms with Gasteiger partial charge in [-0.05, 0) is 30.2 Å². The number of nitrogens with zero attached hydrogens (tertiary/aromatic N) is 1. The predicted octanol–water partition coefficient (Wildman–Crippen LogP) is 2.74. The average Bonchev–Trinajstić information content (AvgIpc) is 2.87. The molecule has 1 amide bonds. The van der Waals surface area contributed by atoms with Gasteiger partial charge in [0.25, 0.3) is 0 Å². The number of hydrogen-bond donors (Lipinski definition) is 1. The number of hydrogen-bond acceptors (Lipinski definition) is 3. The van der Waals surface area contributed by atoms with Gasteiger partial charge >= 0.3 is 5.97 Å². The van der Waals surface area contributed by atoms with Crippen LogP contribution in [0.3, 0.4) is 0 Å². The lowest BCUT2D eigenvalue weighted by molar-refractivity contribution is -0.142. The molecule has 1 fully saturated rings. The van der Waals surface area contributed by atoms with E-state index in [4.69, 9.17) is 5.11 Å². The molecule has 1 saturated heterocycles. The van der Waals surface area contributed by atoms with Crippen molar-refractivity contribution >= 4 is 23.6 Å². The minimum atomic E-state index is -0.794. The highest BCUT2D eigenvalue weighted by atomic mass is 32.2. The van der Waals surface area contributed by atoms with E-state index < -0.39 is 11.9 Å². The number of aliphatic carboxylic acids is 1. The van der Waals surface area contributed by atoms with Crippen molar-refractivity contribution in [2.75, 3.05) is 18.8 Å². The summed E-state index contributed by atoms with van der Waals surface area (Å²) in [4.78, 5) is 26.1. The number of carboxylic acid groups (broad SMARTS) is 1. The molecule has 5 heteroatoms. The first-order valence-corrected chi connectivity index (χ1v) is 8.25. The van der Waals surface area contributed by atoms with E-state index in [1.54, 1.807) is 16.7 Å². The predicted molar refractivity (Wildman–Crippen MR) is 83.3 cm³/mol. The van der Waals surface area contributed by atoms with E-state index in [0.717, 1.165) is 12.2 Å². The van der Waals surface area contributed by atoms with Crippen LogP contribution < -0.4 is 0 Å². The van der Waals surface area contributed by atoms with Gasteiger partial charge in [0.05, 0.1) is 5.92 Å². The van der Waals surface area contributed by atoms with Crippen LogP contribution in [0.4, 0.5) is 0 Å². The Kier molecular flexibility index (Phi) is 5.67. The summed E-state index contributed by atoms with van der Waals surface area (Å²) in [6.45, 7) is 2.83. The largest absolute Gasteiger partial charge is 0.481 e. The van der Waals surface area contributed by atoms with Gasteiger partial charge in [-0.15, -0.1) is 11.8 Å². The third-order valence-corrected chi connectivity index (χ3v) is 4.93. The molecule has 0 radical (unpaired) electrons. The van der Waals surface area contributed by atoms with Crippen molar-refractivity contribution in [2.45, 2.75) is 24.7 Å². The zero-order valence-electron chi connectivity index (χ0n) is 12.2. The summed E-state index contributed by atoms with van der Waals surface area (Å²) in [5.74, 6) is -0.170. The Morgan fingerprint density at radius 2 is 2.00 bits per heavy atom. The van der Waals surface area contributed by atoms with Crippen molar-refractivity contribution in [3.05, 3.63) is 30.3 Å². The summed E-state index contributed by atoms with van der Waals surface area (Å²) in [7, 11) is 0. The van der Waals surface area contributed by atoms with Crippen LogP contribution in [0.5, 0.6) is 0 Å². The normalized spacial score (nSPS) is 21.5. The first-order valence-electron chi connectivity index (χ1n) is 7.26. The SMILES string of the molecule is CC1CN(C(=O)CCCSc2ccccc2)CC1C(=O)O. The fraction of sp³-hybridized carbons (Fsp3) is 0.500. The van der Waals surface area contributed by atoms with Crippen LogP contribution in [-0.4, -0.2) is 40.7 Å². The van der Waals surface area contributed by atoms with E-state index >= 15 is 0 Å². The Morgan fingerprint density at radius 3 is 2.62 bits per heavy atom. The molecule has 0 bridgehead atoms. The molecule has 1 aromatic rings. The Bertz CT molecular complexity index is 492. The summed E-state index contributed by atoms with van der Waals surface area (Å²) in [5, 5.41) is 9.08. The van der Waals surface area contributed by atoms with Gasteiger partial charge in [-0.2, -0.15) is 0 Å². The summed E-state index contributed by atoms with van der Waals surface area (Å²) < 4.78 is 0. The van der Waals surface area contributed by atoms with Crippen LogP contribution in [0.15, 0.2) is 35.2 Å². The standard InChI is InChI=1S/C16H21NO3S/c1-12-10-17(11-14(12)16(19)20)15(18)8-5-9-21-13-6-3-2-4-7-13/h2-4,6-7,12,14H,5,8-11H2,1H3,(H,19,20). The third-order valence-electron chi connectivity index (χ3n) is 3.83. The highest BCUT2D eigenvalue weighted by molar-refractivity contribution is 7.99. The molecule has 1 N–H and O–H groups in total. The second kappa shape index (κ2) is 7.50. The smallest absolute Gasteiger partial charge is 0.308 e. The number of carbonyl (C=O) groups excluding carboxylic acids is 1. The zero-order valence-corrected chi connectivity index (χ0v) is 13.0. The second-order valence-electron chi connectivity index (χ2n) is 5.49. The van der Waals surface area contributed by atoms with Gasteiger partial charge in [-0.1, -0.05) is 25.1 Å². The molecule has 4 nitrogen and oxygen atoms in total. The average molecular weight is 307 g/mol. The molecule has 1 aromatic carbocycles. The van der Waals surface area contributed by atoms with Crippen molar-refractivity contribution in [3.63, 3.8) is 0 Å². The number of amides is 1. The minimum Gasteiger partial charge on any atom is -0.481 e. The molecule has 1 heterocycles. The maximum Gasteiger partial charge on any atom is 0.308 e. The number of likely N-dealkylation sites (tertiary alicyclic amines) is 1. The Hall–Kier alpha value is -1.49. The molecule has 0 spiro atoms. The first kappa shape index (κ1) is 15.9.